The maximum Gasteiger partial charge on any atom is 0.513 e. The van der Waals surface area contributed by atoms with Crippen LogP contribution in [-0.4, -0.2) is 26.0 Å². The van der Waals surface area contributed by atoms with Crippen LogP contribution in [0.3, 0.4) is 0 Å². The standard InChI is InChI=1S/C18H25NO6Si/c1-7-12-23-17(20)24-13-16(25-26(5,6)18(2,3)4)14-10-8-9-11-15(14)19(21)22/h7-11,13H,1,12H2,2-6H3/b16-13-. The molecule has 0 saturated carbocycles. The molecule has 142 valence electrons. The van der Waals surface area contributed by atoms with Crippen molar-refractivity contribution in [2.24, 2.45) is 0 Å². The minimum absolute atomic E-state index is 0.00339. The molecule has 0 radical (unpaired) electrons. The van der Waals surface area contributed by atoms with Gasteiger partial charge in [0.1, 0.15) is 12.9 Å². The van der Waals surface area contributed by atoms with Gasteiger partial charge in [0.05, 0.1) is 10.5 Å². The predicted molar refractivity (Wildman–Crippen MR) is 102 cm³/mol. The second-order valence-corrected chi connectivity index (χ2v) is 11.8. The molecule has 0 amide bonds. The molecule has 7 nitrogen and oxygen atoms in total. The Kier molecular flexibility index (Phi) is 7.14. The molecule has 0 aliphatic heterocycles. The first-order valence-corrected chi connectivity index (χ1v) is 11.0. The molecule has 1 aromatic rings. The molecule has 26 heavy (non-hydrogen) atoms. The lowest BCUT2D eigenvalue weighted by Gasteiger charge is -2.37. The topological polar surface area (TPSA) is 87.9 Å². The van der Waals surface area contributed by atoms with Crippen molar-refractivity contribution >= 4 is 25.9 Å². The Hall–Kier alpha value is -2.61. The number of para-hydroxylation sites is 1. The van der Waals surface area contributed by atoms with E-state index in [2.05, 4.69) is 6.58 Å². The van der Waals surface area contributed by atoms with Crippen molar-refractivity contribution in [2.75, 3.05) is 6.61 Å². The monoisotopic (exact) mass is 379 g/mol. The summed E-state index contributed by atoms with van der Waals surface area (Å²) < 4.78 is 15.9. The molecule has 1 aromatic carbocycles. The highest BCUT2D eigenvalue weighted by Crippen LogP contribution is 2.40. The third-order valence-electron chi connectivity index (χ3n) is 4.12. The fraction of sp³-hybridized carbons (Fsp3) is 0.389. The van der Waals surface area contributed by atoms with Crippen LogP contribution >= 0.6 is 0 Å². The molecule has 0 aromatic heterocycles. The molecule has 0 heterocycles. The number of nitro benzene ring substituents is 1. The minimum Gasteiger partial charge on any atom is -0.541 e. The SMILES string of the molecule is C=CCOC(=O)O/C=C(\O[Si](C)(C)C(C)(C)C)c1ccccc1[N+](=O)[O-]. The molecular formula is C18H25NO6Si. The van der Waals surface area contributed by atoms with Crippen LogP contribution in [0.1, 0.15) is 26.3 Å². The summed E-state index contributed by atoms with van der Waals surface area (Å²) in [5.74, 6) is 0.124. The summed E-state index contributed by atoms with van der Waals surface area (Å²) in [6.07, 6.45) is 1.52. The van der Waals surface area contributed by atoms with Crippen molar-refractivity contribution < 1.29 is 23.6 Å². The minimum atomic E-state index is -2.35. The number of carbonyl (C=O) groups excluding carboxylic acids is 1. The van der Waals surface area contributed by atoms with Gasteiger partial charge in [0.25, 0.3) is 14.0 Å². The molecule has 1 rings (SSSR count). The van der Waals surface area contributed by atoms with E-state index in [1.165, 1.54) is 12.1 Å². The Labute approximate surface area is 154 Å². The highest BCUT2D eigenvalue weighted by molar-refractivity contribution is 6.74. The van der Waals surface area contributed by atoms with Gasteiger partial charge in [-0.05, 0) is 24.2 Å². The first kappa shape index (κ1) is 21.4. The lowest BCUT2D eigenvalue weighted by atomic mass is 10.1. The number of benzene rings is 1. The zero-order valence-corrected chi connectivity index (χ0v) is 16.8. The van der Waals surface area contributed by atoms with Gasteiger partial charge in [-0.25, -0.2) is 4.79 Å². The Bertz CT molecular complexity index is 706. The number of rotatable bonds is 7. The largest absolute Gasteiger partial charge is 0.541 e. The van der Waals surface area contributed by atoms with Gasteiger partial charge in [0, 0.05) is 6.07 Å². The fourth-order valence-electron chi connectivity index (χ4n) is 1.67. The molecule has 0 saturated heterocycles. The van der Waals surface area contributed by atoms with E-state index < -0.39 is 19.4 Å². The Morgan fingerprint density at radius 1 is 1.31 bits per heavy atom. The quantitative estimate of drug-likeness (QED) is 0.160. The zero-order chi connectivity index (χ0) is 20.0. The van der Waals surface area contributed by atoms with Gasteiger partial charge in [0.15, 0.2) is 5.76 Å². The summed E-state index contributed by atoms with van der Waals surface area (Å²) in [5.41, 5.74) is 0.0966. The number of carbonyl (C=O) groups is 1. The first-order valence-electron chi connectivity index (χ1n) is 8.07. The lowest BCUT2D eigenvalue weighted by molar-refractivity contribution is -0.385. The van der Waals surface area contributed by atoms with Crippen LogP contribution in [0.25, 0.3) is 5.76 Å². The van der Waals surface area contributed by atoms with E-state index in [0.29, 0.717) is 0 Å². The van der Waals surface area contributed by atoms with Gasteiger partial charge in [-0.1, -0.05) is 45.6 Å². The average molecular weight is 379 g/mol. The first-order chi connectivity index (χ1) is 12.0. The summed E-state index contributed by atoms with van der Waals surface area (Å²) >= 11 is 0. The van der Waals surface area contributed by atoms with Crippen molar-refractivity contribution in [3.8, 4) is 0 Å². The molecule has 0 spiro atoms. The Balaban J connectivity index is 3.29. The maximum absolute atomic E-state index is 11.6. The molecule has 0 bridgehead atoms. The molecular weight excluding hydrogens is 354 g/mol. The van der Waals surface area contributed by atoms with E-state index in [9.17, 15) is 14.9 Å². The van der Waals surface area contributed by atoms with Crippen molar-refractivity contribution in [1.82, 2.24) is 0 Å². The van der Waals surface area contributed by atoms with E-state index in [1.807, 2.05) is 33.9 Å². The molecule has 0 unspecified atom stereocenters. The van der Waals surface area contributed by atoms with Crippen LogP contribution < -0.4 is 0 Å². The zero-order valence-electron chi connectivity index (χ0n) is 15.8. The average Bonchev–Trinajstić information content (AvgIpc) is 2.55. The molecule has 0 aliphatic rings. The van der Waals surface area contributed by atoms with Gasteiger partial charge >= 0.3 is 6.16 Å². The van der Waals surface area contributed by atoms with Gasteiger partial charge in [-0.3, -0.25) is 10.1 Å². The van der Waals surface area contributed by atoms with Crippen LogP contribution in [0.5, 0.6) is 0 Å². The second-order valence-electron chi connectivity index (χ2n) is 7.09. The molecule has 0 atom stereocenters. The van der Waals surface area contributed by atoms with Crippen LogP contribution in [-0.2, 0) is 13.9 Å². The number of hydrogen-bond donors (Lipinski definition) is 0. The maximum atomic E-state index is 11.6. The van der Waals surface area contributed by atoms with E-state index in [-0.39, 0.29) is 28.7 Å². The normalized spacial score (nSPS) is 12.3. The van der Waals surface area contributed by atoms with Gasteiger partial charge < -0.3 is 13.9 Å². The molecule has 8 heteroatoms. The third kappa shape index (κ3) is 5.73. The van der Waals surface area contributed by atoms with Gasteiger partial charge in [-0.2, -0.15) is 0 Å². The van der Waals surface area contributed by atoms with Crippen LogP contribution in [0.15, 0.2) is 43.2 Å². The third-order valence-corrected chi connectivity index (χ3v) is 8.46. The lowest BCUT2D eigenvalue weighted by Crippen LogP contribution is -2.40. The van der Waals surface area contributed by atoms with Crippen molar-refractivity contribution in [3.05, 3.63) is 58.9 Å². The van der Waals surface area contributed by atoms with E-state index in [4.69, 9.17) is 13.9 Å². The predicted octanol–water partition coefficient (Wildman–Crippen LogP) is 5.25. The van der Waals surface area contributed by atoms with Crippen molar-refractivity contribution in [3.63, 3.8) is 0 Å². The summed E-state index contributed by atoms with van der Waals surface area (Å²) in [7, 11) is -2.35. The van der Waals surface area contributed by atoms with E-state index in [0.717, 1.165) is 6.26 Å². The van der Waals surface area contributed by atoms with Crippen molar-refractivity contribution in [2.45, 2.75) is 38.9 Å². The second kappa shape index (κ2) is 8.66. The summed E-state index contributed by atoms with van der Waals surface area (Å²) in [5, 5.41) is 11.2. The summed E-state index contributed by atoms with van der Waals surface area (Å²) in [6, 6.07) is 6.13. The van der Waals surface area contributed by atoms with Gasteiger partial charge in [0.2, 0.25) is 0 Å². The highest BCUT2D eigenvalue weighted by Gasteiger charge is 2.40. The van der Waals surface area contributed by atoms with Crippen molar-refractivity contribution in [1.29, 1.82) is 0 Å². The molecule has 0 fully saturated rings. The summed E-state index contributed by atoms with van der Waals surface area (Å²) in [6.45, 7) is 13.5. The Morgan fingerprint density at radius 2 is 1.92 bits per heavy atom. The summed E-state index contributed by atoms with van der Waals surface area (Å²) in [4.78, 5) is 22.5. The number of nitrogens with zero attached hydrogens (tertiary/aromatic N) is 1. The fourth-order valence-corrected chi connectivity index (χ4v) is 2.69. The number of nitro groups is 1. The molecule has 0 aliphatic carbocycles. The highest BCUT2D eigenvalue weighted by atomic mass is 28.4. The van der Waals surface area contributed by atoms with E-state index in [1.54, 1.807) is 18.2 Å². The van der Waals surface area contributed by atoms with Crippen LogP contribution in [0.2, 0.25) is 18.1 Å². The van der Waals surface area contributed by atoms with Gasteiger partial charge in [-0.15, -0.1) is 0 Å². The molecule has 0 N–H and O–H groups in total. The van der Waals surface area contributed by atoms with Crippen LogP contribution in [0.4, 0.5) is 10.5 Å². The number of ether oxygens (including phenoxy) is 2. The number of hydrogen-bond acceptors (Lipinski definition) is 6. The Morgan fingerprint density at radius 3 is 2.46 bits per heavy atom. The van der Waals surface area contributed by atoms with Crippen LogP contribution in [0, 0.1) is 10.1 Å². The smallest absolute Gasteiger partial charge is 0.513 e. The van der Waals surface area contributed by atoms with E-state index >= 15 is 0 Å².